The van der Waals surface area contributed by atoms with E-state index in [-0.39, 0.29) is 24.0 Å². The fourth-order valence-electron chi connectivity index (χ4n) is 0.940. The van der Waals surface area contributed by atoms with Gasteiger partial charge in [-0.3, -0.25) is 9.59 Å². The Labute approximate surface area is 83.4 Å². The second kappa shape index (κ2) is 4.77. The number of ketones is 2. The molecule has 0 aliphatic carbocycles. The monoisotopic (exact) mass is 198 g/mol. The topological polar surface area (TPSA) is 34.1 Å². The average Bonchev–Trinajstić information content (AvgIpc) is 2.04. The van der Waals surface area contributed by atoms with Crippen LogP contribution in [0.1, 0.15) is 34.6 Å². The molecule has 0 aliphatic heterocycles. The fourth-order valence-corrected chi connectivity index (χ4v) is 0.940. The average molecular weight is 199 g/mol. The first-order chi connectivity index (χ1) is 5.61. The second-order valence-corrected chi connectivity index (χ2v) is 2.69. The highest BCUT2D eigenvalue weighted by Crippen LogP contribution is 2.05. The van der Waals surface area contributed by atoms with E-state index in [1.54, 1.807) is 24.3 Å². The van der Waals surface area contributed by atoms with E-state index in [9.17, 15) is 9.59 Å². The second-order valence-electron chi connectivity index (χ2n) is 2.69. The molecular formula is C10H11ClO2. The summed E-state index contributed by atoms with van der Waals surface area (Å²) in [7, 11) is 0. The van der Waals surface area contributed by atoms with Gasteiger partial charge in [-0.2, -0.15) is 0 Å². The van der Waals surface area contributed by atoms with Crippen molar-refractivity contribution in [3.05, 3.63) is 35.4 Å². The molecule has 1 rings (SSSR count). The summed E-state index contributed by atoms with van der Waals surface area (Å²) in [5.41, 5.74) is 1.28. The van der Waals surface area contributed by atoms with Crippen molar-refractivity contribution < 1.29 is 9.59 Å². The first-order valence-electron chi connectivity index (χ1n) is 3.73. The van der Waals surface area contributed by atoms with Gasteiger partial charge in [0.1, 0.15) is 0 Å². The Hall–Kier alpha value is -1.15. The third kappa shape index (κ3) is 2.99. The molecule has 0 heterocycles. The Morgan fingerprint density at radius 1 is 0.846 bits per heavy atom. The van der Waals surface area contributed by atoms with E-state index in [1.165, 1.54) is 13.8 Å². The van der Waals surface area contributed by atoms with Crippen LogP contribution in [0.5, 0.6) is 0 Å². The Bertz CT molecular complexity index is 281. The molecule has 1 aromatic carbocycles. The highest BCUT2D eigenvalue weighted by atomic mass is 35.5. The summed E-state index contributed by atoms with van der Waals surface area (Å²) in [4.78, 5) is 21.7. The molecule has 13 heavy (non-hydrogen) atoms. The van der Waals surface area contributed by atoms with Crippen LogP contribution in [0.2, 0.25) is 0 Å². The van der Waals surface area contributed by atoms with E-state index in [2.05, 4.69) is 0 Å². The summed E-state index contributed by atoms with van der Waals surface area (Å²) < 4.78 is 0. The molecule has 2 nitrogen and oxygen atoms in total. The van der Waals surface area contributed by atoms with Crippen LogP contribution >= 0.6 is 12.4 Å². The van der Waals surface area contributed by atoms with Gasteiger partial charge in [-0.25, -0.2) is 0 Å². The van der Waals surface area contributed by atoms with Crippen LogP contribution in [0.4, 0.5) is 0 Å². The highest BCUT2D eigenvalue weighted by Gasteiger charge is 2.00. The summed E-state index contributed by atoms with van der Waals surface area (Å²) in [5.74, 6) is 0.0372. The number of carbonyl (C=O) groups is 2. The molecule has 0 unspecified atom stereocenters. The van der Waals surface area contributed by atoms with Crippen LogP contribution in [-0.4, -0.2) is 11.6 Å². The maximum atomic E-state index is 10.8. The minimum atomic E-state index is 0. The lowest BCUT2D eigenvalue weighted by Gasteiger charge is -1.96. The lowest BCUT2D eigenvalue weighted by atomic mass is 10.1. The summed E-state index contributed by atoms with van der Waals surface area (Å²) in [5, 5.41) is 0. The zero-order chi connectivity index (χ0) is 9.14. The van der Waals surface area contributed by atoms with Crippen LogP contribution in [-0.2, 0) is 0 Å². The molecule has 1 aromatic rings. The van der Waals surface area contributed by atoms with Crippen LogP contribution in [0.3, 0.4) is 0 Å². The van der Waals surface area contributed by atoms with Gasteiger partial charge in [0.05, 0.1) is 0 Å². The summed E-state index contributed by atoms with van der Waals surface area (Å²) in [6.07, 6.45) is 0. The zero-order valence-corrected chi connectivity index (χ0v) is 8.35. The number of Topliss-reactive ketones (excluding diaryl/α,β-unsaturated/α-hetero) is 2. The number of hydrogen-bond acceptors (Lipinski definition) is 2. The fraction of sp³-hybridized carbons (Fsp3) is 0.200. The lowest BCUT2D eigenvalue weighted by Crippen LogP contribution is -1.95. The molecule has 0 amide bonds. The summed E-state index contributed by atoms with van der Waals surface area (Å²) in [6, 6.07) is 6.66. The highest BCUT2D eigenvalue weighted by molar-refractivity contribution is 5.97. The van der Waals surface area contributed by atoms with Crippen molar-refractivity contribution in [2.45, 2.75) is 13.8 Å². The first kappa shape index (κ1) is 11.8. The molecule has 0 bridgehead atoms. The van der Waals surface area contributed by atoms with E-state index in [0.717, 1.165) is 0 Å². The first-order valence-corrected chi connectivity index (χ1v) is 3.73. The molecule has 0 N–H and O–H groups in total. The van der Waals surface area contributed by atoms with Crippen molar-refractivity contribution in [3.8, 4) is 0 Å². The molecule has 0 saturated carbocycles. The normalized spacial score (nSPS) is 8.77. The van der Waals surface area contributed by atoms with E-state index < -0.39 is 0 Å². The molecule has 0 saturated heterocycles. The maximum absolute atomic E-state index is 10.8. The van der Waals surface area contributed by atoms with Gasteiger partial charge in [0.15, 0.2) is 11.6 Å². The van der Waals surface area contributed by atoms with Crippen molar-refractivity contribution in [1.29, 1.82) is 0 Å². The smallest absolute Gasteiger partial charge is 0.159 e. The third-order valence-corrected chi connectivity index (χ3v) is 1.70. The lowest BCUT2D eigenvalue weighted by molar-refractivity contribution is 0.100. The Morgan fingerprint density at radius 2 is 1.08 bits per heavy atom. The largest absolute Gasteiger partial charge is 0.295 e. The van der Waals surface area contributed by atoms with Crippen molar-refractivity contribution in [3.63, 3.8) is 0 Å². The summed E-state index contributed by atoms with van der Waals surface area (Å²) >= 11 is 0. The van der Waals surface area contributed by atoms with Crippen LogP contribution < -0.4 is 0 Å². The van der Waals surface area contributed by atoms with Gasteiger partial charge in [-0.15, -0.1) is 12.4 Å². The predicted molar refractivity (Wildman–Crippen MR) is 53.7 cm³/mol. The molecule has 0 radical (unpaired) electrons. The minimum Gasteiger partial charge on any atom is -0.295 e. The number of benzene rings is 1. The van der Waals surface area contributed by atoms with Gasteiger partial charge in [0, 0.05) is 11.1 Å². The van der Waals surface area contributed by atoms with Gasteiger partial charge < -0.3 is 0 Å². The summed E-state index contributed by atoms with van der Waals surface area (Å²) in [6.45, 7) is 3.01. The number of carbonyl (C=O) groups excluding carboxylic acids is 2. The predicted octanol–water partition coefficient (Wildman–Crippen LogP) is 2.51. The molecular weight excluding hydrogens is 188 g/mol. The number of halogens is 1. The zero-order valence-electron chi connectivity index (χ0n) is 7.53. The Balaban J connectivity index is 0.00000144. The van der Waals surface area contributed by atoms with Gasteiger partial charge in [0.25, 0.3) is 0 Å². The number of rotatable bonds is 2. The molecule has 0 fully saturated rings. The van der Waals surface area contributed by atoms with Crippen LogP contribution in [0.25, 0.3) is 0 Å². The molecule has 0 spiro atoms. The van der Waals surface area contributed by atoms with Crippen LogP contribution in [0, 0.1) is 0 Å². The van der Waals surface area contributed by atoms with Gasteiger partial charge >= 0.3 is 0 Å². The molecule has 70 valence electrons. The van der Waals surface area contributed by atoms with Crippen LogP contribution in [0.15, 0.2) is 24.3 Å². The maximum Gasteiger partial charge on any atom is 0.159 e. The molecule has 0 atom stereocenters. The van der Waals surface area contributed by atoms with Gasteiger partial charge in [0.2, 0.25) is 0 Å². The van der Waals surface area contributed by atoms with Crippen molar-refractivity contribution in [2.24, 2.45) is 0 Å². The molecule has 0 aromatic heterocycles. The van der Waals surface area contributed by atoms with E-state index in [1.807, 2.05) is 0 Å². The van der Waals surface area contributed by atoms with E-state index >= 15 is 0 Å². The molecule has 0 aliphatic rings. The van der Waals surface area contributed by atoms with E-state index in [4.69, 9.17) is 0 Å². The van der Waals surface area contributed by atoms with Crippen molar-refractivity contribution >= 4 is 24.0 Å². The van der Waals surface area contributed by atoms with Crippen molar-refractivity contribution in [2.75, 3.05) is 0 Å². The number of hydrogen-bond donors (Lipinski definition) is 0. The SMILES string of the molecule is CC(=O)c1ccc(C(C)=O)cc1.Cl. The van der Waals surface area contributed by atoms with Crippen molar-refractivity contribution in [1.82, 2.24) is 0 Å². The minimum absolute atomic E-state index is 0. The standard InChI is InChI=1S/C10H10O2.ClH/c1-7(11)9-3-5-10(6-4-9)8(2)12;/h3-6H,1-2H3;1H. The quantitative estimate of drug-likeness (QED) is 0.685. The third-order valence-electron chi connectivity index (χ3n) is 1.70. The van der Waals surface area contributed by atoms with Gasteiger partial charge in [-0.05, 0) is 13.8 Å². The molecule has 3 heteroatoms. The Morgan fingerprint density at radius 3 is 1.23 bits per heavy atom. The Kier molecular flexibility index (Phi) is 4.35. The van der Waals surface area contributed by atoms with Gasteiger partial charge in [-0.1, -0.05) is 24.3 Å². The van der Waals surface area contributed by atoms with E-state index in [0.29, 0.717) is 11.1 Å².